The molecule has 0 atom stereocenters. The summed E-state index contributed by atoms with van der Waals surface area (Å²) >= 11 is 0. The summed E-state index contributed by atoms with van der Waals surface area (Å²) in [6, 6.07) is 6.18. The van der Waals surface area contributed by atoms with E-state index in [2.05, 4.69) is 0 Å². The number of halogens is 3. The third kappa shape index (κ3) is 3.24. The van der Waals surface area contributed by atoms with Gasteiger partial charge in [-0.1, -0.05) is 12.1 Å². The van der Waals surface area contributed by atoms with Crippen LogP contribution in [0.5, 0.6) is 0 Å². The summed E-state index contributed by atoms with van der Waals surface area (Å²) in [5, 5.41) is 0. The Hall–Kier alpha value is -2.04. The zero-order chi connectivity index (χ0) is 14.0. The lowest BCUT2D eigenvalue weighted by Gasteiger charge is -2.07. The summed E-state index contributed by atoms with van der Waals surface area (Å²) in [5.74, 6) is 0.437. The van der Waals surface area contributed by atoms with Gasteiger partial charge in [0.25, 0.3) is 0 Å². The smallest absolute Gasteiger partial charge is 0.416 e. The second-order valence-corrected chi connectivity index (χ2v) is 4.24. The number of furan rings is 1. The van der Waals surface area contributed by atoms with Crippen LogP contribution in [-0.4, -0.2) is 5.78 Å². The average Bonchev–Trinajstić information content (AvgIpc) is 2.75. The molecule has 0 spiro atoms. The molecule has 0 unspecified atom stereocenters. The third-order valence-electron chi connectivity index (χ3n) is 2.70. The maximum atomic E-state index is 12.4. The summed E-state index contributed by atoms with van der Waals surface area (Å²) < 4.78 is 42.1. The fraction of sp³-hybridized carbons (Fsp3) is 0.214. The Labute approximate surface area is 107 Å². The van der Waals surface area contributed by atoms with Gasteiger partial charge in [-0.25, -0.2) is 0 Å². The fourth-order valence-corrected chi connectivity index (χ4v) is 1.69. The van der Waals surface area contributed by atoms with E-state index in [0.717, 1.165) is 12.1 Å². The molecule has 5 heteroatoms. The van der Waals surface area contributed by atoms with E-state index in [1.165, 1.54) is 18.4 Å². The van der Waals surface area contributed by atoms with Gasteiger partial charge >= 0.3 is 6.18 Å². The van der Waals surface area contributed by atoms with Crippen LogP contribution >= 0.6 is 0 Å². The molecule has 0 amide bonds. The van der Waals surface area contributed by atoms with Gasteiger partial charge < -0.3 is 4.42 Å². The van der Waals surface area contributed by atoms with Crippen molar-refractivity contribution in [2.75, 3.05) is 0 Å². The SMILES string of the molecule is Cc1cc(C(=O)Cc2ccc(C(F)(F)F)cc2)co1. The van der Waals surface area contributed by atoms with Gasteiger partial charge in [-0.15, -0.1) is 0 Å². The quantitative estimate of drug-likeness (QED) is 0.787. The predicted molar refractivity (Wildman–Crippen MR) is 62.9 cm³/mol. The number of alkyl halides is 3. The summed E-state index contributed by atoms with van der Waals surface area (Å²) in [4.78, 5) is 11.8. The summed E-state index contributed by atoms with van der Waals surface area (Å²) in [5.41, 5.74) is 0.247. The summed E-state index contributed by atoms with van der Waals surface area (Å²) in [6.45, 7) is 1.72. The Kier molecular flexibility index (Phi) is 3.46. The molecule has 1 aromatic heterocycles. The van der Waals surface area contributed by atoms with Crippen molar-refractivity contribution in [1.82, 2.24) is 0 Å². The second-order valence-electron chi connectivity index (χ2n) is 4.24. The molecule has 2 rings (SSSR count). The molecule has 1 aromatic carbocycles. The largest absolute Gasteiger partial charge is 0.469 e. The van der Waals surface area contributed by atoms with Crippen LogP contribution in [0, 0.1) is 6.92 Å². The fourth-order valence-electron chi connectivity index (χ4n) is 1.69. The molecule has 0 radical (unpaired) electrons. The van der Waals surface area contributed by atoms with E-state index in [9.17, 15) is 18.0 Å². The number of ketones is 1. The molecule has 0 aliphatic heterocycles. The third-order valence-corrected chi connectivity index (χ3v) is 2.70. The average molecular weight is 268 g/mol. The Morgan fingerprint density at radius 1 is 1.21 bits per heavy atom. The van der Waals surface area contributed by atoms with Crippen LogP contribution in [0.1, 0.15) is 27.2 Å². The van der Waals surface area contributed by atoms with Gasteiger partial charge in [-0.2, -0.15) is 13.2 Å². The van der Waals surface area contributed by atoms with Crippen LogP contribution in [0.3, 0.4) is 0 Å². The predicted octanol–water partition coefficient (Wildman–Crippen LogP) is 4.03. The number of hydrogen-bond acceptors (Lipinski definition) is 2. The molecule has 0 aliphatic rings. The Balaban J connectivity index is 2.10. The molecule has 0 saturated heterocycles. The maximum Gasteiger partial charge on any atom is 0.416 e. The number of carbonyl (C=O) groups excluding carboxylic acids is 1. The highest BCUT2D eigenvalue weighted by molar-refractivity contribution is 5.97. The number of Topliss-reactive ketones (excluding diaryl/α,β-unsaturated/α-hetero) is 1. The van der Waals surface area contributed by atoms with Gasteiger partial charge in [-0.05, 0) is 30.7 Å². The number of hydrogen-bond donors (Lipinski definition) is 0. The van der Waals surface area contributed by atoms with Crippen molar-refractivity contribution in [2.45, 2.75) is 19.5 Å². The molecule has 100 valence electrons. The normalized spacial score (nSPS) is 11.6. The highest BCUT2D eigenvalue weighted by Crippen LogP contribution is 2.29. The zero-order valence-electron chi connectivity index (χ0n) is 10.1. The number of rotatable bonds is 3. The van der Waals surface area contributed by atoms with Gasteiger partial charge in [0.2, 0.25) is 0 Å². The van der Waals surface area contributed by atoms with Crippen LogP contribution in [0.15, 0.2) is 41.0 Å². The monoisotopic (exact) mass is 268 g/mol. The van der Waals surface area contributed by atoms with Gasteiger partial charge in [0.05, 0.1) is 11.1 Å². The first kappa shape index (κ1) is 13.4. The van der Waals surface area contributed by atoms with Crippen LogP contribution in [0.25, 0.3) is 0 Å². The first-order valence-electron chi connectivity index (χ1n) is 5.61. The van der Waals surface area contributed by atoms with Gasteiger partial charge in [0.15, 0.2) is 5.78 Å². The highest BCUT2D eigenvalue weighted by atomic mass is 19.4. The molecule has 0 fully saturated rings. The lowest BCUT2D eigenvalue weighted by atomic mass is 10.0. The van der Waals surface area contributed by atoms with E-state index in [4.69, 9.17) is 4.42 Å². The van der Waals surface area contributed by atoms with Gasteiger partial charge in [0, 0.05) is 6.42 Å². The van der Waals surface area contributed by atoms with E-state index >= 15 is 0 Å². The number of aryl methyl sites for hydroxylation is 1. The van der Waals surface area contributed by atoms with Crippen molar-refractivity contribution in [2.24, 2.45) is 0 Å². The second kappa shape index (κ2) is 4.91. The first-order valence-corrected chi connectivity index (χ1v) is 5.61. The highest BCUT2D eigenvalue weighted by Gasteiger charge is 2.29. The first-order chi connectivity index (χ1) is 8.86. The Bertz CT molecular complexity index is 579. The number of carbonyl (C=O) groups is 1. The van der Waals surface area contributed by atoms with Crippen LogP contribution in [0.2, 0.25) is 0 Å². The standard InChI is InChI=1S/C14H11F3O2/c1-9-6-11(8-19-9)13(18)7-10-2-4-12(5-3-10)14(15,16)17/h2-6,8H,7H2,1H3. The number of benzene rings is 1. The van der Waals surface area contributed by atoms with E-state index in [0.29, 0.717) is 16.9 Å². The van der Waals surface area contributed by atoms with Crippen molar-refractivity contribution >= 4 is 5.78 Å². The minimum absolute atomic E-state index is 0.0527. The minimum Gasteiger partial charge on any atom is -0.469 e. The van der Waals surface area contributed by atoms with E-state index < -0.39 is 11.7 Å². The Morgan fingerprint density at radius 3 is 2.32 bits per heavy atom. The Morgan fingerprint density at radius 2 is 1.84 bits per heavy atom. The molecule has 2 aromatic rings. The molecular weight excluding hydrogens is 257 g/mol. The van der Waals surface area contributed by atoms with Gasteiger partial charge in [0.1, 0.15) is 12.0 Å². The van der Waals surface area contributed by atoms with E-state index in [1.54, 1.807) is 13.0 Å². The molecule has 2 nitrogen and oxygen atoms in total. The van der Waals surface area contributed by atoms with Crippen molar-refractivity contribution in [3.05, 3.63) is 59.0 Å². The minimum atomic E-state index is -4.36. The van der Waals surface area contributed by atoms with E-state index in [1.807, 2.05) is 0 Å². The molecule has 1 heterocycles. The molecular formula is C14H11F3O2. The zero-order valence-corrected chi connectivity index (χ0v) is 10.1. The molecule has 0 bridgehead atoms. The van der Waals surface area contributed by atoms with Crippen molar-refractivity contribution in [1.29, 1.82) is 0 Å². The summed E-state index contributed by atoms with van der Waals surface area (Å²) in [7, 11) is 0. The topological polar surface area (TPSA) is 30.2 Å². The van der Waals surface area contributed by atoms with Crippen LogP contribution < -0.4 is 0 Å². The molecule has 0 saturated carbocycles. The maximum absolute atomic E-state index is 12.4. The molecule has 0 aliphatic carbocycles. The van der Waals surface area contributed by atoms with Crippen LogP contribution in [0.4, 0.5) is 13.2 Å². The van der Waals surface area contributed by atoms with Crippen molar-refractivity contribution < 1.29 is 22.4 Å². The summed E-state index contributed by atoms with van der Waals surface area (Å²) in [6.07, 6.45) is -2.96. The van der Waals surface area contributed by atoms with Crippen LogP contribution in [-0.2, 0) is 12.6 Å². The van der Waals surface area contributed by atoms with Crippen molar-refractivity contribution in [3.8, 4) is 0 Å². The van der Waals surface area contributed by atoms with Gasteiger partial charge in [-0.3, -0.25) is 4.79 Å². The molecule has 19 heavy (non-hydrogen) atoms. The van der Waals surface area contributed by atoms with Crippen molar-refractivity contribution in [3.63, 3.8) is 0 Å². The molecule has 0 N–H and O–H groups in total. The lowest BCUT2D eigenvalue weighted by molar-refractivity contribution is -0.137. The lowest BCUT2D eigenvalue weighted by Crippen LogP contribution is -2.06. The van der Waals surface area contributed by atoms with E-state index in [-0.39, 0.29) is 12.2 Å².